The lowest BCUT2D eigenvalue weighted by Crippen LogP contribution is -2.16. The molecule has 4 nitrogen and oxygen atoms in total. The average Bonchev–Trinajstić information content (AvgIpc) is 3.39. The number of aliphatic hydroxyl groups is 1. The van der Waals surface area contributed by atoms with E-state index in [1.54, 1.807) is 36.8 Å². The standard InChI is InChI=1S/C22H19ClN2O2S2/c1-13(26)17-8-10-19(28-17)20-11-9-18(29-20)16-12-21(22(2,3)27)24-25(16)15-7-5-4-6-14(15)23/h4-12,27H,1-3H3. The summed E-state index contributed by atoms with van der Waals surface area (Å²) in [5, 5.41) is 15.7. The van der Waals surface area contributed by atoms with Crippen LogP contribution in [0.5, 0.6) is 0 Å². The minimum absolute atomic E-state index is 0.0737. The summed E-state index contributed by atoms with van der Waals surface area (Å²) in [6, 6.07) is 17.3. The fourth-order valence-corrected chi connectivity index (χ4v) is 5.15. The van der Waals surface area contributed by atoms with E-state index >= 15 is 0 Å². The van der Waals surface area contributed by atoms with Crippen molar-refractivity contribution in [2.24, 2.45) is 0 Å². The first-order valence-electron chi connectivity index (χ1n) is 9.03. The summed E-state index contributed by atoms with van der Waals surface area (Å²) in [7, 11) is 0. The van der Waals surface area contributed by atoms with Gasteiger partial charge in [0.15, 0.2) is 5.78 Å². The molecule has 0 aliphatic rings. The van der Waals surface area contributed by atoms with Crippen LogP contribution in [0.2, 0.25) is 5.02 Å². The van der Waals surface area contributed by atoms with Crippen molar-refractivity contribution in [3.05, 3.63) is 70.2 Å². The fourth-order valence-electron chi connectivity index (χ4n) is 2.93. The van der Waals surface area contributed by atoms with E-state index in [9.17, 15) is 9.90 Å². The Morgan fingerprint density at radius 1 is 1.03 bits per heavy atom. The lowest BCUT2D eigenvalue weighted by atomic mass is 10.1. The van der Waals surface area contributed by atoms with Crippen LogP contribution in [0.15, 0.2) is 54.6 Å². The van der Waals surface area contributed by atoms with Crippen molar-refractivity contribution in [1.82, 2.24) is 9.78 Å². The molecule has 0 aliphatic carbocycles. The molecule has 0 radical (unpaired) electrons. The highest BCUT2D eigenvalue weighted by Gasteiger charge is 2.24. The minimum Gasteiger partial charge on any atom is -0.384 e. The van der Waals surface area contributed by atoms with Crippen molar-refractivity contribution < 1.29 is 9.90 Å². The highest BCUT2D eigenvalue weighted by molar-refractivity contribution is 7.24. The summed E-state index contributed by atoms with van der Waals surface area (Å²) in [6.07, 6.45) is 0. The Labute approximate surface area is 182 Å². The second-order valence-electron chi connectivity index (χ2n) is 7.22. The van der Waals surface area contributed by atoms with Crippen LogP contribution in [-0.2, 0) is 5.60 Å². The molecule has 0 saturated carbocycles. The molecule has 29 heavy (non-hydrogen) atoms. The van der Waals surface area contributed by atoms with Gasteiger partial charge in [0, 0.05) is 9.75 Å². The van der Waals surface area contributed by atoms with Crippen LogP contribution in [-0.4, -0.2) is 20.7 Å². The van der Waals surface area contributed by atoms with Crippen LogP contribution >= 0.6 is 34.3 Å². The van der Waals surface area contributed by atoms with Crippen molar-refractivity contribution in [3.63, 3.8) is 0 Å². The zero-order valence-electron chi connectivity index (χ0n) is 16.1. The third-order valence-corrected chi connectivity index (χ3v) is 7.28. The van der Waals surface area contributed by atoms with Gasteiger partial charge in [-0.2, -0.15) is 5.10 Å². The molecule has 4 aromatic rings. The van der Waals surface area contributed by atoms with Gasteiger partial charge < -0.3 is 5.11 Å². The Morgan fingerprint density at radius 2 is 1.69 bits per heavy atom. The molecule has 1 N–H and O–H groups in total. The van der Waals surface area contributed by atoms with Crippen LogP contribution < -0.4 is 0 Å². The first-order chi connectivity index (χ1) is 13.7. The molecule has 3 aromatic heterocycles. The summed E-state index contributed by atoms with van der Waals surface area (Å²) in [5.74, 6) is 0.0737. The molecule has 0 saturated heterocycles. The van der Waals surface area contributed by atoms with Gasteiger partial charge in [-0.1, -0.05) is 23.7 Å². The molecule has 0 bridgehead atoms. The summed E-state index contributed by atoms with van der Waals surface area (Å²) >= 11 is 9.53. The Hall–Kier alpha value is -2.25. The number of hydrogen-bond donors (Lipinski definition) is 1. The molecule has 0 amide bonds. The molecule has 148 valence electrons. The molecule has 0 spiro atoms. The maximum Gasteiger partial charge on any atom is 0.169 e. The highest BCUT2D eigenvalue weighted by atomic mass is 35.5. The molecule has 0 fully saturated rings. The molecule has 0 aliphatic heterocycles. The number of carbonyl (C=O) groups is 1. The number of para-hydroxylation sites is 1. The summed E-state index contributed by atoms with van der Waals surface area (Å²) in [6.45, 7) is 5.01. The number of thiophene rings is 2. The number of nitrogens with zero attached hydrogens (tertiary/aromatic N) is 2. The Morgan fingerprint density at radius 3 is 2.34 bits per heavy atom. The van der Waals surface area contributed by atoms with E-state index in [0.717, 1.165) is 30.9 Å². The van der Waals surface area contributed by atoms with Gasteiger partial charge in [0.25, 0.3) is 0 Å². The van der Waals surface area contributed by atoms with Gasteiger partial charge in [0.05, 0.1) is 31.9 Å². The monoisotopic (exact) mass is 442 g/mol. The van der Waals surface area contributed by atoms with Crippen LogP contribution in [0.3, 0.4) is 0 Å². The second kappa shape index (κ2) is 7.54. The van der Waals surface area contributed by atoms with E-state index in [4.69, 9.17) is 11.6 Å². The predicted octanol–water partition coefficient (Wildman–Crippen LogP) is 6.41. The predicted molar refractivity (Wildman–Crippen MR) is 120 cm³/mol. The molecule has 3 heterocycles. The zero-order valence-corrected chi connectivity index (χ0v) is 18.5. The largest absolute Gasteiger partial charge is 0.384 e. The van der Waals surface area contributed by atoms with E-state index in [1.807, 2.05) is 54.6 Å². The van der Waals surface area contributed by atoms with Crippen molar-refractivity contribution >= 4 is 40.1 Å². The van der Waals surface area contributed by atoms with Gasteiger partial charge in [0.1, 0.15) is 5.60 Å². The van der Waals surface area contributed by atoms with E-state index in [-0.39, 0.29) is 5.78 Å². The van der Waals surface area contributed by atoms with Gasteiger partial charge in [-0.15, -0.1) is 22.7 Å². The van der Waals surface area contributed by atoms with E-state index < -0.39 is 5.60 Å². The number of ketones is 1. The third-order valence-electron chi connectivity index (χ3n) is 4.47. The molecular formula is C22H19ClN2O2S2. The Kier molecular flexibility index (Phi) is 5.21. The van der Waals surface area contributed by atoms with Crippen LogP contribution in [0.25, 0.3) is 26.0 Å². The van der Waals surface area contributed by atoms with Crippen LogP contribution in [0.1, 0.15) is 36.1 Å². The van der Waals surface area contributed by atoms with Crippen LogP contribution in [0, 0.1) is 0 Å². The first kappa shape index (κ1) is 20.0. The number of benzene rings is 1. The van der Waals surface area contributed by atoms with E-state index in [2.05, 4.69) is 5.10 Å². The maximum absolute atomic E-state index is 11.6. The lowest BCUT2D eigenvalue weighted by molar-refractivity contribution is 0.0734. The van der Waals surface area contributed by atoms with Crippen molar-refractivity contribution in [3.8, 4) is 26.0 Å². The second-order valence-corrected chi connectivity index (χ2v) is 9.80. The minimum atomic E-state index is -1.08. The third kappa shape index (κ3) is 3.94. The van der Waals surface area contributed by atoms with Crippen molar-refractivity contribution in [2.45, 2.75) is 26.4 Å². The Bertz CT molecular complexity index is 1200. The Balaban J connectivity index is 1.82. The van der Waals surface area contributed by atoms with Crippen molar-refractivity contribution in [1.29, 1.82) is 0 Å². The number of hydrogen-bond acceptors (Lipinski definition) is 5. The summed E-state index contributed by atoms with van der Waals surface area (Å²) in [4.78, 5) is 15.5. The SMILES string of the molecule is CC(=O)c1ccc(-c2ccc(-c3cc(C(C)(C)O)nn3-c3ccccc3Cl)s2)s1. The maximum atomic E-state index is 11.6. The molecular weight excluding hydrogens is 424 g/mol. The van der Waals surface area contributed by atoms with Gasteiger partial charge in [-0.25, -0.2) is 4.68 Å². The molecule has 1 aromatic carbocycles. The summed E-state index contributed by atoms with van der Waals surface area (Å²) in [5.41, 5.74) is 1.10. The fraction of sp³-hybridized carbons (Fsp3) is 0.182. The van der Waals surface area contributed by atoms with Gasteiger partial charge >= 0.3 is 0 Å². The van der Waals surface area contributed by atoms with E-state index in [1.165, 1.54) is 11.3 Å². The highest BCUT2D eigenvalue weighted by Crippen LogP contribution is 2.40. The molecule has 0 unspecified atom stereocenters. The lowest BCUT2D eigenvalue weighted by Gasteiger charge is -2.13. The average molecular weight is 443 g/mol. The smallest absolute Gasteiger partial charge is 0.169 e. The number of halogens is 1. The number of carbonyl (C=O) groups excluding carboxylic acids is 1. The van der Waals surface area contributed by atoms with Gasteiger partial charge in [0.2, 0.25) is 0 Å². The van der Waals surface area contributed by atoms with E-state index in [0.29, 0.717) is 10.7 Å². The molecule has 0 atom stereocenters. The van der Waals surface area contributed by atoms with Crippen molar-refractivity contribution in [2.75, 3.05) is 0 Å². The normalized spacial score (nSPS) is 11.8. The number of rotatable bonds is 5. The van der Waals surface area contributed by atoms with Crippen LogP contribution in [0.4, 0.5) is 0 Å². The number of aromatic nitrogens is 2. The molecule has 7 heteroatoms. The zero-order chi connectivity index (χ0) is 20.8. The first-order valence-corrected chi connectivity index (χ1v) is 11.0. The topological polar surface area (TPSA) is 55.1 Å². The van der Waals surface area contributed by atoms with Gasteiger partial charge in [-0.3, -0.25) is 4.79 Å². The molecule has 4 rings (SSSR count). The number of Topliss-reactive ketones (excluding diaryl/α,β-unsaturated/α-hetero) is 1. The quantitative estimate of drug-likeness (QED) is 0.363. The van der Waals surface area contributed by atoms with Gasteiger partial charge in [-0.05, 0) is 63.2 Å². The summed E-state index contributed by atoms with van der Waals surface area (Å²) < 4.78 is 1.78.